The summed E-state index contributed by atoms with van der Waals surface area (Å²) in [7, 11) is 0. The summed E-state index contributed by atoms with van der Waals surface area (Å²) >= 11 is 5.98. The summed E-state index contributed by atoms with van der Waals surface area (Å²) in [6.45, 7) is 3.32. The van der Waals surface area contributed by atoms with E-state index in [0.717, 1.165) is 0 Å². The van der Waals surface area contributed by atoms with E-state index in [-0.39, 0.29) is 5.69 Å². The van der Waals surface area contributed by atoms with E-state index in [4.69, 9.17) is 16.3 Å². The lowest BCUT2D eigenvalue weighted by Gasteiger charge is -2.16. The van der Waals surface area contributed by atoms with Crippen LogP contribution in [0.25, 0.3) is 0 Å². The Balaban J connectivity index is 2.11. The largest absolute Gasteiger partial charge is 0.479 e. The van der Waals surface area contributed by atoms with Crippen molar-refractivity contribution in [3.05, 3.63) is 63.2 Å². The minimum Gasteiger partial charge on any atom is -0.479 e. The van der Waals surface area contributed by atoms with Crippen LogP contribution in [0.5, 0.6) is 5.75 Å². The molecule has 2 aromatic carbocycles. The maximum absolute atomic E-state index is 12.2. The second-order valence-electron chi connectivity index (χ2n) is 4.94. The van der Waals surface area contributed by atoms with Crippen molar-refractivity contribution in [3.63, 3.8) is 0 Å². The topological polar surface area (TPSA) is 81.5 Å². The first-order chi connectivity index (χ1) is 10.9. The smallest absolute Gasteiger partial charge is 0.271 e. The minimum atomic E-state index is -0.812. The van der Waals surface area contributed by atoms with Crippen molar-refractivity contribution in [1.29, 1.82) is 0 Å². The number of nitrogens with one attached hydrogen (secondary N) is 1. The Morgan fingerprint density at radius 2 is 2.00 bits per heavy atom. The molecule has 0 spiro atoms. The van der Waals surface area contributed by atoms with Crippen molar-refractivity contribution in [2.75, 3.05) is 5.32 Å². The lowest BCUT2D eigenvalue weighted by Crippen LogP contribution is -2.30. The zero-order valence-electron chi connectivity index (χ0n) is 12.6. The van der Waals surface area contributed by atoms with E-state index in [1.807, 2.05) is 0 Å². The van der Waals surface area contributed by atoms with Crippen molar-refractivity contribution in [3.8, 4) is 5.75 Å². The maximum atomic E-state index is 12.2. The number of non-ortho nitro benzene ring substituents is 1. The molecule has 23 heavy (non-hydrogen) atoms. The molecule has 0 aromatic heterocycles. The molecule has 0 bridgehead atoms. The molecule has 0 aliphatic heterocycles. The number of para-hydroxylation sites is 1. The van der Waals surface area contributed by atoms with Gasteiger partial charge in [0.05, 0.1) is 15.6 Å². The molecule has 1 N–H and O–H groups in total. The van der Waals surface area contributed by atoms with Crippen LogP contribution in [0.15, 0.2) is 42.5 Å². The first-order valence-electron chi connectivity index (χ1n) is 6.85. The first-order valence-corrected chi connectivity index (χ1v) is 7.23. The Morgan fingerprint density at radius 3 is 2.65 bits per heavy atom. The van der Waals surface area contributed by atoms with Crippen LogP contribution >= 0.6 is 11.6 Å². The van der Waals surface area contributed by atoms with Gasteiger partial charge in [-0.25, -0.2) is 0 Å². The second-order valence-corrected chi connectivity index (χ2v) is 5.34. The summed E-state index contributed by atoms with van der Waals surface area (Å²) in [5.41, 5.74) is 0.998. The molecule has 0 unspecified atom stereocenters. The van der Waals surface area contributed by atoms with E-state index in [0.29, 0.717) is 22.0 Å². The number of anilines is 1. The van der Waals surface area contributed by atoms with E-state index in [2.05, 4.69) is 5.32 Å². The molecule has 0 radical (unpaired) electrons. The molecule has 2 rings (SSSR count). The fourth-order valence-corrected chi connectivity index (χ4v) is 2.06. The second kappa shape index (κ2) is 7.11. The van der Waals surface area contributed by atoms with Crippen molar-refractivity contribution >= 4 is 28.9 Å². The summed E-state index contributed by atoms with van der Waals surface area (Å²) in [4.78, 5) is 22.5. The van der Waals surface area contributed by atoms with Gasteiger partial charge >= 0.3 is 0 Å². The number of hydrogen-bond acceptors (Lipinski definition) is 4. The van der Waals surface area contributed by atoms with Crippen molar-refractivity contribution in [2.45, 2.75) is 20.0 Å². The van der Waals surface area contributed by atoms with Gasteiger partial charge in [-0.05, 0) is 31.5 Å². The third kappa shape index (κ3) is 4.20. The van der Waals surface area contributed by atoms with Crippen molar-refractivity contribution < 1.29 is 14.5 Å². The standard InChI is InChI=1S/C16H15ClN2O4/c1-10-7-8-12(19(21)22)9-14(10)18-16(20)11(2)23-15-6-4-3-5-13(15)17/h3-9,11H,1-2H3,(H,18,20)/t11-/m1/s1. The number of rotatable bonds is 5. The van der Waals surface area contributed by atoms with E-state index in [1.54, 1.807) is 44.2 Å². The van der Waals surface area contributed by atoms with E-state index in [9.17, 15) is 14.9 Å². The van der Waals surface area contributed by atoms with Crippen LogP contribution in [0.3, 0.4) is 0 Å². The molecule has 1 atom stereocenters. The number of amides is 1. The zero-order valence-corrected chi connectivity index (χ0v) is 13.3. The van der Waals surface area contributed by atoms with Gasteiger partial charge in [0.2, 0.25) is 0 Å². The Bertz CT molecular complexity index is 749. The van der Waals surface area contributed by atoms with Crippen molar-refractivity contribution in [1.82, 2.24) is 0 Å². The fraction of sp³-hybridized carbons (Fsp3) is 0.188. The highest BCUT2D eigenvalue weighted by molar-refractivity contribution is 6.32. The number of ether oxygens (including phenoxy) is 1. The lowest BCUT2D eigenvalue weighted by molar-refractivity contribution is -0.384. The summed E-state index contributed by atoms with van der Waals surface area (Å²) in [6.07, 6.45) is -0.812. The highest BCUT2D eigenvalue weighted by atomic mass is 35.5. The van der Waals surface area contributed by atoms with Crippen LogP contribution in [0.1, 0.15) is 12.5 Å². The average molecular weight is 335 g/mol. The SMILES string of the molecule is Cc1ccc([N+](=O)[O-])cc1NC(=O)[C@@H](C)Oc1ccccc1Cl. The highest BCUT2D eigenvalue weighted by Gasteiger charge is 2.18. The molecule has 120 valence electrons. The van der Waals surface area contributed by atoms with Gasteiger partial charge in [0, 0.05) is 12.1 Å². The minimum absolute atomic E-state index is 0.0921. The Morgan fingerprint density at radius 1 is 1.30 bits per heavy atom. The predicted octanol–water partition coefficient (Wildman–Crippen LogP) is 3.96. The van der Waals surface area contributed by atoms with Gasteiger partial charge in [-0.1, -0.05) is 29.8 Å². The van der Waals surface area contributed by atoms with Crippen LogP contribution in [0, 0.1) is 17.0 Å². The molecule has 6 nitrogen and oxygen atoms in total. The number of nitro benzene ring substituents is 1. The Kier molecular flexibility index (Phi) is 5.18. The van der Waals surface area contributed by atoms with Crippen LogP contribution in [-0.4, -0.2) is 16.9 Å². The monoisotopic (exact) mass is 334 g/mol. The molecule has 0 saturated heterocycles. The van der Waals surface area contributed by atoms with E-state index >= 15 is 0 Å². The van der Waals surface area contributed by atoms with Gasteiger partial charge in [0.1, 0.15) is 5.75 Å². The number of benzene rings is 2. The number of halogens is 1. The van der Waals surface area contributed by atoms with Gasteiger partial charge in [-0.2, -0.15) is 0 Å². The van der Waals surface area contributed by atoms with E-state index in [1.165, 1.54) is 12.1 Å². The third-order valence-electron chi connectivity index (χ3n) is 3.20. The molecule has 0 fully saturated rings. The van der Waals surface area contributed by atoms with Crippen LogP contribution < -0.4 is 10.1 Å². The molecular weight excluding hydrogens is 320 g/mol. The van der Waals surface area contributed by atoms with Gasteiger partial charge in [0.15, 0.2) is 6.10 Å². The number of hydrogen-bond donors (Lipinski definition) is 1. The van der Waals surface area contributed by atoms with Gasteiger partial charge in [-0.3, -0.25) is 14.9 Å². The quantitative estimate of drug-likeness (QED) is 0.662. The summed E-state index contributed by atoms with van der Waals surface area (Å²) in [5.74, 6) is -0.0268. The molecule has 0 saturated carbocycles. The van der Waals surface area contributed by atoms with Gasteiger partial charge in [0.25, 0.3) is 11.6 Å². The van der Waals surface area contributed by atoms with Crippen LogP contribution in [0.2, 0.25) is 5.02 Å². The number of nitrogens with zero attached hydrogens (tertiary/aromatic N) is 1. The molecule has 7 heteroatoms. The summed E-state index contributed by atoms with van der Waals surface area (Å²) in [5, 5.41) is 13.9. The maximum Gasteiger partial charge on any atom is 0.271 e. The van der Waals surface area contributed by atoms with Crippen molar-refractivity contribution in [2.24, 2.45) is 0 Å². The zero-order chi connectivity index (χ0) is 17.0. The number of aryl methyl sites for hydroxylation is 1. The number of carbonyl (C=O) groups is 1. The normalized spacial score (nSPS) is 11.6. The molecular formula is C16H15ClN2O4. The third-order valence-corrected chi connectivity index (χ3v) is 3.51. The molecule has 2 aromatic rings. The molecule has 0 aliphatic rings. The molecule has 1 amide bonds. The number of nitro groups is 1. The predicted molar refractivity (Wildman–Crippen MR) is 88.0 cm³/mol. The molecule has 0 aliphatic carbocycles. The van der Waals surface area contributed by atoms with Crippen LogP contribution in [-0.2, 0) is 4.79 Å². The van der Waals surface area contributed by atoms with Gasteiger partial charge in [-0.15, -0.1) is 0 Å². The summed E-state index contributed by atoms with van der Waals surface area (Å²) < 4.78 is 5.52. The average Bonchev–Trinajstić information content (AvgIpc) is 2.51. The fourth-order valence-electron chi connectivity index (χ4n) is 1.88. The Hall–Kier alpha value is -2.60. The van der Waals surface area contributed by atoms with Crippen LogP contribution in [0.4, 0.5) is 11.4 Å². The highest BCUT2D eigenvalue weighted by Crippen LogP contribution is 2.25. The Labute approximate surface area is 138 Å². The summed E-state index contributed by atoms with van der Waals surface area (Å²) in [6, 6.07) is 11.1. The molecule has 0 heterocycles. The van der Waals surface area contributed by atoms with Gasteiger partial charge < -0.3 is 10.1 Å². The lowest BCUT2D eigenvalue weighted by atomic mass is 10.1. The first kappa shape index (κ1) is 16.8. The number of carbonyl (C=O) groups excluding carboxylic acids is 1. The van der Waals surface area contributed by atoms with E-state index < -0.39 is 16.9 Å².